The van der Waals surface area contributed by atoms with Gasteiger partial charge in [0.1, 0.15) is 0 Å². The van der Waals surface area contributed by atoms with Crippen LogP contribution in [0, 0.1) is 0 Å². The summed E-state index contributed by atoms with van der Waals surface area (Å²) in [6, 6.07) is 1.98. The molecule has 1 heterocycles. The van der Waals surface area contributed by atoms with Crippen molar-refractivity contribution in [2.75, 3.05) is 38.3 Å². The van der Waals surface area contributed by atoms with E-state index < -0.39 is 21.8 Å². The maximum absolute atomic E-state index is 12.6. The van der Waals surface area contributed by atoms with E-state index in [1.54, 1.807) is 4.90 Å². The quantitative estimate of drug-likeness (QED) is 0.674. The SMILES string of the molecule is CN(C)C1CCN(C(=O)CCS(=O)(=O)NC(=O)Nc2c3c(cc4c2CCC4)CCC3)CC1. The van der Waals surface area contributed by atoms with Gasteiger partial charge in [0.15, 0.2) is 0 Å². The van der Waals surface area contributed by atoms with Crippen LogP contribution < -0.4 is 10.0 Å². The molecule has 2 N–H and O–H groups in total. The molecular formula is C23H34N4O4S. The molecule has 32 heavy (non-hydrogen) atoms. The van der Waals surface area contributed by atoms with Gasteiger partial charge in [-0.05, 0) is 87.7 Å². The normalized spacial score (nSPS) is 18.5. The number of anilines is 1. The zero-order chi connectivity index (χ0) is 22.9. The smallest absolute Gasteiger partial charge is 0.332 e. The van der Waals surface area contributed by atoms with Crippen LogP contribution in [0.4, 0.5) is 10.5 Å². The first-order chi connectivity index (χ1) is 15.2. The summed E-state index contributed by atoms with van der Waals surface area (Å²) in [5.74, 6) is -0.565. The Kier molecular flexibility index (Phi) is 6.76. The van der Waals surface area contributed by atoms with Crippen LogP contribution in [-0.4, -0.2) is 69.1 Å². The molecule has 9 heteroatoms. The molecule has 0 saturated carbocycles. The van der Waals surface area contributed by atoms with E-state index in [1.807, 2.05) is 14.1 Å². The van der Waals surface area contributed by atoms with Crippen molar-refractivity contribution in [1.29, 1.82) is 0 Å². The first-order valence-corrected chi connectivity index (χ1v) is 13.3. The number of carbonyl (C=O) groups is 2. The van der Waals surface area contributed by atoms with E-state index in [0.29, 0.717) is 19.1 Å². The molecule has 1 aromatic rings. The van der Waals surface area contributed by atoms with E-state index in [2.05, 4.69) is 21.0 Å². The monoisotopic (exact) mass is 462 g/mol. The van der Waals surface area contributed by atoms with Crippen LogP contribution in [0.15, 0.2) is 6.07 Å². The van der Waals surface area contributed by atoms with Crippen LogP contribution in [0.3, 0.4) is 0 Å². The van der Waals surface area contributed by atoms with Gasteiger partial charge >= 0.3 is 6.03 Å². The summed E-state index contributed by atoms with van der Waals surface area (Å²) in [7, 11) is 0.158. The molecule has 0 atom stereocenters. The third-order valence-electron chi connectivity index (χ3n) is 7.09. The van der Waals surface area contributed by atoms with Crippen molar-refractivity contribution in [3.05, 3.63) is 28.3 Å². The van der Waals surface area contributed by atoms with Crippen molar-refractivity contribution in [3.8, 4) is 0 Å². The predicted molar refractivity (Wildman–Crippen MR) is 124 cm³/mol. The Morgan fingerprint density at radius 2 is 1.62 bits per heavy atom. The number of carbonyl (C=O) groups excluding carboxylic acids is 2. The van der Waals surface area contributed by atoms with Crippen LogP contribution in [0.1, 0.15) is 54.4 Å². The lowest BCUT2D eigenvalue weighted by atomic mass is 9.99. The van der Waals surface area contributed by atoms with Gasteiger partial charge in [0.05, 0.1) is 5.75 Å². The number of likely N-dealkylation sites (tertiary alicyclic amines) is 1. The van der Waals surface area contributed by atoms with Crippen LogP contribution in [-0.2, 0) is 40.5 Å². The standard InChI is InChI=1S/C23H34N4O4S/c1-26(2)18-9-12-27(13-10-18)21(28)11-14-32(30,31)25-23(29)24-22-19-7-3-5-16(19)15-17-6-4-8-20(17)22/h15,18H,3-14H2,1-2H3,(H2,24,25,29). The second-order valence-electron chi connectivity index (χ2n) is 9.43. The summed E-state index contributed by atoms with van der Waals surface area (Å²) in [5.41, 5.74) is 5.64. The molecule has 0 spiro atoms. The van der Waals surface area contributed by atoms with Crippen molar-refractivity contribution in [2.24, 2.45) is 0 Å². The Morgan fingerprint density at radius 3 is 2.19 bits per heavy atom. The molecule has 0 unspecified atom stereocenters. The number of benzene rings is 1. The molecule has 1 saturated heterocycles. The van der Waals surface area contributed by atoms with Crippen LogP contribution in [0.25, 0.3) is 0 Å². The van der Waals surface area contributed by atoms with Crippen molar-refractivity contribution in [3.63, 3.8) is 0 Å². The highest BCUT2D eigenvalue weighted by atomic mass is 32.2. The van der Waals surface area contributed by atoms with E-state index in [4.69, 9.17) is 0 Å². The summed E-state index contributed by atoms with van der Waals surface area (Å²) in [6.45, 7) is 1.28. The van der Waals surface area contributed by atoms with Gasteiger partial charge in [-0.15, -0.1) is 0 Å². The highest BCUT2D eigenvalue weighted by Gasteiger charge is 2.27. The molecule has 2 aliphatic carbocycles. The third kappa shape index (κ3) is 5.09. The number of hydrogen-bond acceptors (Lipinski definition) is 5. The Balaban J connectivity index is 1.32. The van der Waals surface area contributed by atoms with Crippen molar-refractivity contribution >= 4 is 27.6 Å². The number of piperidine rings is 1. The van der Waals surface area contributed by atoms with Crippen molar-refractivity contribution < 1.29 is 18.0 Å². The van der Waals surface area contributed by atoms with Gasteiger partial charge < -0.3 is 15.1 Å². The fraction of sp³-hybridized carbons (Fsp3) is 0.652. The number of nitrogens with zero attached hydrogens (tertiary/aromatic N) is 2. The van der Waals surface area contributed by atoms with Gasteiger partial charge in [-0.3, -0.25) is 4.79 Å². The number of amides is 3. The minimum atomic E-state index is -3.90. The lowest BCUT2D eigenvalue weighted by Crippen LogP contribution is -2.45. The van der Waals surface area contributed by atoms with Gasteiger partial charge in [-0.2, -0.15) is 0 Å². The molecule has 3 amide bonds. The van der Waals surface area contributed by atoms with Crippen LogP contribution in [0.2, 0.25) is 0 Å². The molecule has 0 radical (unpaired) electrons. The second-order valence-corrected chi connectivity index (χ2v) is 11.3. The predicted octanol–water partition coefficient (Wildman–Crippen LogP) is 2.06. The molecule has 3 aliphatic rings. The molecule has 176 valence electrons. The first-order valence-electron chi connectivity index (χ1n) is 11.7. The molecular weight excluding hydrogens is 428 g/mol. The van der Waals surface area contributed by atoms with E-state index in [9.17, 15) is 18.0 Å². The largest absolute Gasteiger partial charge is 0.343 e. The highest BCUT2D eigenvalue weighted by molar-refractivity contribution is 7.90. The lowest BCUT2D eigenvalue weighted by Gasteiger charge is -2.35. The fourth-order valence-corrected chi connectivity index (χ4v) is 6.19. The molecule has 1 aliphatic heterocycles. The second kappa shape index (κ2) is 9.39. The van der Waals surface area contributed by atoms with Gasteiger partial charge in [0.25, 0.3) is 0 Å². The van der Waals surface area contributed by atoms with Gasteiger partial charge in [-0.25, -0.2) is 17.9 Å². The van der Waals surface area contributed by atoms with Crippen LogP contribution in [0.5, 0.6) is 0 Å². The average Bonchev–Trinajstić information content (AvgIpc) is 3.41. The highest BCUT2D eigenvalue weighted by Crippen LogP contribution is 2.38. The van der Waals surface area contributed by atoms with E-state index >= 15 is 0 Å². The Bertz CT molecular complexity index is 965. The minimum absolute atomic E-state index is 0.120. The Labute approximate surface area is 190 Å². The summed E-state index contributed by atoms with van der Waals surface area (Å²) in [4.78, 5) is 28.9. The van der Waals surface area contributed by atoms with Crippen LogP contribution >= 0.6 is 0 Å². The van der Waals surface area contributed by atoms with Gasteiger partial charge in [0, 0.05) is 31.2 Å². The summed E-state index contributed by atoms with van der Waals surface area (Å²) in [6.07, 6.45) is 7.59. The lowest BCUT2D eigenvalue weighted by molar-refractivity contribution is -0.132. The number of nitrogens with one attached hydrogen (secondary N) is 2. The zero-order valence-corrected chi connectivity index (χ0v) is 19.9. The Hall–Kier alpha value is -2.13. The number of aryl methyl sites for hydroxylation is 2. The number of fused-ring (bicyclic) bond motifs is 2. The molecule has 0 bridgehead atoms. The fourth-order valence-electron chi connectivity index (χ4n) is 5.31. The molecule has 4 rings (SSSR count). The summed E-state index contributed by atoms with van der Waals surface area (Å²) in [5, 5.41) is 2.84. The van der Waals surface area contributed by atoms with Crippen molar-refractivity contribution in [1.82, 2.24) is 14.5 Å². The molecule has 8 nitrogen and oxygen atoms in total. The zero-order valence-electron chi connectivity index (χ0n) is 19.1. The minimum Gasteiger partial charge on any atom is -0.343 e. The molecule has 0 aromatic heterocycles. The summed E-state index contributed by atoms with van der Waals surface area (Å²) >= 11 is 0. The topological polar surface area (TPSA) is 98.8 Å². The van der Waals surface area contributed by atoms with Crippen molar-refractivity contribution in [2.45, 2.75) is 63.8 Å². The molecule has 1 aromatic carbocycles. The summed E-state index contributed by atoms with van der Waals surface area (Å²) < 4.78 is 27.1. The van der Waals surface area contributed by atoms with Gasteiger partial charge in [-0.1, -0.05) is 6.07 Å². The number of urea groups is 1. The maximum Gasteiger partial charge on any atom is 0.332 e. The number of sulfonamides is 1. The van der Waals surface area contributed by atoms with E-state index in [0.717, 1.165) is 68.2 Å². The van der Waals surface area contributed by atoms with E-state index in [-0.39, 0.29) is 12.3 Å². The average molecular weight is 463 g/mol. The number of hydrogen-bond donors (Lipinski definition) is 2. The Morgan fingerprint density at radius 1 is 1.03 bits per heavy atom. The van der Waals surface area contributed by atoms with Gasteiger partial charge in [0.2, 0.25) is 15.9 Å². The maximum atomic E-state index is 12.6. The first kappa shape index (κ1) is 23.0. The number of rotatable bonds is 6. The third-order valence-corrected chi connectivity index (χ3v) is 8.33. The van der Waals surface area contributed by atoms with E-state index in [1.165, 1.54) is 11.1 Å². The molecule has 1 fully saturated rings.